The minimum absolute atomic E-state index is 0.00660. The number of likely N-dealkylation sites (N-methyl/N-ethyl adjacent to an activating group) is 1. The number of hydrogen-bond acceptors (Lipinski definition) is 5. The van der Waals surface area contributed by atoms with E-state index < -0.39 is 0 Å². The number of carbonyl (C=O) groups excluding carboxylic acids is 2. The Bertz CT molecular complexity index is 627. The van der Waals surface area contributed by atoms with Crippen LogP contribution in [0.1, 0.15) is 5.69 Å². The van der Waals surface area contributed by atoms with Crippen molar-refractivity contribution >= 4 is 34.0 Å². The fraction of sp³-hybridized carbons (Fsp3) is 0.214. The van der Waals surface area contributed by atoms with Gasteiger partial charge in [0.15, 0.2) is 5.13 Å². The van der Waals surface area contributed by atoms with Gasteiger partial charge in [-0.25, -0.2) is 4.98 Å². The highest BCUT2D eigenvalue weighted by atomic mass is 32.1. The minimum Gasteiger partial charge on any atom is -0.375 e. The lowest BCUT2D eigenvalue weighted by atomic mass is 10.3. The molecule has 0 aliphatic rings. The summed E-state index contributed by atoms with van der Waals surface area (Å²) in [6.07, 6.45) is 0.142. The molecule has 1 heterocycles. The van der Waals surface area contributed by atoms with Crippen LogP contribution in [0.2, 0.25) is 0 Å². The van der Waals surface area contributed by atoms with Crippen LogP contribution in [0.4, 0.5) is 10.8 Å². The molecule has 0 aliphatic carbocycles. The lowest BCUT2D eigenvalue weighted by molar-refractivity contribution is -0.132. The van der Waals surface area contributed by atoms with Crippen molar-refractivity contribution in [2.24, 2.45) is 0 Å². The zero-order chi connectivity index (χ0) is 15.2. The van der Waals surface area contributed by atoms with E-state index in [1.807, 2.05) is 18.2 Å². The molecule has 0 radical (unpaired) electrons. The molecule has 1 aromatic heterocycles. The predicted molar refractivity (Wildman–Crippen MR) is 82.9 cm³/mol. The first-order chi connectivity index (χ1) is 10.0. The van der Waals surface area contributed by atoms with Gasteiger partial charge in [0.1, 0.15) is 0 Å². The van der Waals surface area contributed by atoms with E-state index in [0.717, 1.165) is 0 Å². The van der Waals surface area contributed by atoms with E-state index in [2.05, 4.69) is 10.3 Å². The van der Waals surface area contributed by atoms with E-state index >= 15 is 0 Å². The van der Waals surface area contributed by atoms with Gasteiger partial charge in [0.25, 0.3) is 0 Å². The number of hydrogen-bond donors (Lipinski definition) is 2. The molecule has 2 aromatic rings. The van der Waals surface area contributed by atoms with Crippen molar-refractivity contribution in [1.29, 1.82) is 0 Å². The predicted octanol–water partition coefficient (Wildman–Crippen LogP) is 1.36. The Labute approximate surface area is 126 Å². The highest BCUT2D eigenvalue weighted by Crippen LogP contribution is 2.12. The second-order valence-corrected chi connectivity index (χ2v) is 5.41. The van der Waals surface area contributed by atoms with E-state index in [4.69, 9.17) is 5.73 Å². The van der Waals surface area contributed by atoms with Crippen LogP contribution in [0.3, 0.4) is 0 Å². The van der Waals surface area contributed by atoms with Gasteiger partial charge in [0.05, 0.1) is 18.7 Å². The maximum absolute atomic E-state index is 12.0. The highest BCUT2D eigenvalue weighted by molar-refractivity contribution is 7.13. The summed E-state index contributed by atoms with van der Waals surface area (Å²) in [5.74, 6) is -0.418. The summed E-state index contributed by atoms with van der Waals surface area (Å²) >= 11 is 1.29. The Kier molecular flexibility index (Phi) is 4.89. The zero-order valence-electron chi connectivity index (χ0n) is 11.6. The van der Waals surface area contributed by atoms with Crippen LogP contribution in [0, 0.1) is 0 Å². The van der Waals surface area contributed by atoms with Crippen molar-refractivity contribution < 1.29 is 9.59 Å². The molecule has 3 N–H and O–H groups in total. The first-order valence-electron chi connectivity index (χ1n) is 6.33. The Balaban J connectivity index is 1.84. The van der Waals surface area contributed by atoms with Gasteiger partial charge in [-0.3, -0.25) is 9.59 Å². The molecule has 2 rings (SSSR count). The maximum Gasteiger partial charge on any atom is 0.243 e. The van der Waals surface area contributed by atoms with Gasteiger partial charge < -0.3 is 16.0 Å². The number of para-hydroxylation sites is 1. The molecule has 0 fully saturated rings. The number of thiazole rings is 1. The number of nitrogens with one attached hydrogen (secondary N) is 1. The maximum atomic E-state index is 12.0. The van der Waals surface area contributed by atoms with E-state index in [1.165, 1.54) is 16.2 Å². The molecule has 1 aromatic carbocycles. The molecule has 0 bridgehead atoms. The van der Waals surface area contributed by atoms with Crippen LogP contribution in [0.15, 0.2) is 35.7 Å². The standard InChI is InChI=1S/C14H16N4O2S/c1-18(13(20)7-11-9-21-14(15)17-11)8-12(19)16-10-5-3-2-4-6-10/h2-6,9H,7-8H2,1H3,(H2,15,17)(H,16,19). The van der Waals surface area contributed by atoms with E-state index in [9.17, 15) is 9.59 Å². The monoisotopic (exact) mass is 304 g/mol. The lowest BCUT2D eigenvalue weighted by Crippen LogP contribution is -2.35. The number of carbonyl (C=O) groups is 2. The summed E-state index contributed by atoms with van der Waals surface area (Å²) in [7, 11) is 1.59. The summed E-state index contributed by atoms with van der Waals surface area (Å²) in [5.41, 5.74) is 6.84. The molecule has 0 aliphatic heterocycles. The Hall–Kier alpha value is -2.41. The average molecular weight is 304 g/mol. The van der Waals surface area contributed by atoms with Crippen molar-refractivity contribution in [1.82, 2.24) is 9.88 Å². The molecule has 7 heteroatoms. The van der Waals surface area contributed by atoms with Gasteiger partial charge >= 0.3 is 0 Å². The van der Waals surface area contributed by atoms with Crippen LogP contribution in [0.5, 0.6) is 0 Å². The summed E-state index contributed by atoms with van der Waals surface area (Å²) in [6.45, 7) is -0.00660. The van der Waals surface area contributed by atoms with Crippen molar-refractivity contribution in [3.63, 3.8) is 0 Å². The van der Waals surface area contributed by atoms with Gasteiger partial charge in [-0.15, -0.1) is 11.3 Å². The van der Waals surface area contributed by atoms with E-state index in [-0.39, 0.29) is 24.8 Å². The molecule has 0 spiro atoms. The van der Waals surface area contributed by atoms with Crippen LogP contribution in [-0.4, -0.2) is 35.3 Å². The SMILES string of the molecule is CN(CC(=O)Nc1ccccc1)C(=O)Cc1csc(N)n1. The fourth-order valence-electron chi connectivity index (χ4n) is 1.72. The Morgan fingerprint density at radius 1 is 1.33 bits per heavy atom. The third kappa shape index (κ3) is 4.57. The number of benzene rings is 1. The largest absolute Gasteiger partial charge is 0.375 e. The van der Waals surface area contributed by atoms with E-state index in [1.54, 1.807) is 24.6 Å². The highest BCUT2D eigenvalue weighted by Gasteiger charge is 2.14. The van der Waals surface area contributed by atoms with Gasteiger partial charge in [-0.1, -0.05) is 18.2 Å². The molecule has 0 unspecified atom stereocenters. The second-order valence-electron chi connectivity index (χ2n) is 4.52. The number of aromatic nitrogens is 1. The van der Waals surface area contributed by atoms with Gasteiger partial charge in [-0.05, 0) is 12.1 Å². The normalized spacial score (nSPS) is 10.1. The van der Waals surface area contributed by atoms with Crippen LogP contribution < -0.4 is 11.1 Å². The number of nitrogens with two attached hydrogens (primary N) is 1. The Morgan fingerprint density at radius 2 is 2.05 bits per heavy atom. The molecule has 0 saturated carbocycles. The molecule has 110 valence electrons. The molecular weight excluding hydrogens is 288 g/mol. The summed E-state index contributed by atoms with van der Waals surface area (Å²) in [4.78, 5) is 29.2. The van der Waals surface area contributed by atoms with Crippen LogP contribution >= 0.6 is 11.3 Å². The molecular formula is C14H16N4O2S. The molecule has 0 saturated heterocycles. The summed E-state index contributed by atoms with van der Waals surface area (Å²) < 4.78 is 0. The number of amides is 2. The summed E-state index contributed by atoms with van der Waals surface area (Å²) in [5, 5.41) is 4.90. The van der Waals surface area contributed by atoms with Crippen molar-refractivity contribution in [2.75, 3.05) is 24.6 Å². The third-order valence-electron chi connectivity index (χ3n) is 2.77. The van der Waals surface area contributed by atoms with Gasteiger partial charge in [0, 0.05) is 18.1 Å². The number of nitrogens with zero attached hydrogens (tertiary/aromatic N) is 2. The van der Waals surface area contributed by atoms with Gasteiger partial charge in [-0.2, -0.15) is 0 Å². The quantitative estimate of drug-likeness (QED) is 0.873. The first kappa shape index (κ1) is 15.0. The second kappa shape index (κ2) is 6.85. The topological polar surface area (TPSA) is 88.3 Å². The van der Waals surface area contributed by atoms with Crippen LogP contribution in [0.25, 0.3) is 0 Å². The summed E-state index contributed by atoms with van der Waals surface area (Å²) in [6, 6.07) is 9.11. The van der Waals surface area contributed by atoms with Crippen molar-refractivity contribution in [2.45, 2.75) is 6.42 Å². The average Bonchev–Trinajstić information content (AvgIpc) is 2.85. The number of anilines is 2. The Morgan fingerprint density at radius 3 is 2.67 bits per heavy atom. The van der Waals surface area contributed by atoms with Gasteiger partial charge in [0.2, 0.25) is 11.8 Å². The van der Waals surface area contributed by atoms with E-state index in [0.29, 0.717) is 16.5 Å². The molecule has 6 nitrogen and oxygen atoms in total. The van der Waals surface area contributed by atoms with Crippen molar-refractivity contribution in [3.8, 4) is 0 Å². The smallest absolute Gasteiger partial charge is 0.243 e. The molecule has 0 atom stereocenters. The first-order valence-corrected chi connectivity index (χ1v) is 7.21. The minimum atomic E-state index is -0.241. The third-order valence-corrected chi connectivity index (χ3v) is 3.49. The molecule has 21 heavy (non-hydrogen) atoms. The number of nitrogen functional groups attached to an aromatic ring is 1. The van der Waals surface area contributed by atoms with Crippen molar-refractivity contribution in [3.05, 3.63) is 41.4 Å². The molecule has 2 amide bonds. The lowest BCUT2D eigenvalue weighted by Gasteiger charge is -2.16. The fourth-order valence-corrected chi connectivity index (χ4v) is 2.28. The zero-order valence-corrected chi connectivity index (χ0v) is 12.4. The number of rotatable bonds is 5. The van der Waals surface area contributed by atoms with Crippen LogP contribution in [-0.2, 0) is 16.0 Å².